The molecule has 0 aromatic rings. The molecule has 1 aliphatic heterocycles. The lowest BCUT2D eigenvalue weighted by atomic mass is 9.99. The van der Waals surface area contributed by atoms with Crippen LogP contribution in [-0.2, 0) is 9.53 Å². The van der Waals surface area contributed by atoms with Gasteiger partial charge in [-0.1, -0.05) is 20.3 Å². The van der Waals surface area contributed by atoms with Crippen LogP contribution in [0.25, 0.3) is 0 Å². The Labute approximate surface area is 91.5 Å². The number of nitrogens with two attached hydrogens (primary N) is 1. The van der Waals surface area contributed by atoms with E-state index in [1.165, 1.54) is 0 Å². The predicted molar refractivity (Wildman–Crippen MR) is 59.4 cm³/mol. The van der Waals surface area contributed by atoms with E-state index >= 15 is 0 Å². The van der Waals surface area contributed by atoms with Crippen molar-refractivity contribution < 1.29 is 9.53 Å². The van der Waals surface area contributed by atoms with Crippen molar-refractivity contribution in [1.29, 1.82) is 0 Å². The summed E-state index contributed by atoms with van der Waals surface area (Å²) in [4.78, 5) is 11.6. The standard InChI is InChI=1S/C11H22N2O2/c1-3-8(2)10(12)11(14)13-7-9-5-4-6-15-9/h8-10H,3-7,12H2,1-2H3,(H,13,14)/t8-,9+,10+/m0/s1. The summed E-state index contributed by atoms with van der Waals surface area (Å²) >= 11 is 0. The maximum atomic E-state index is 11.6. The van der Waals surface area contributed by atoms with Gasteiger partial charge >= 0.3 is 0 Å². The van der Waals surface area contributed by atoms with Crippen LogP contribution >= 0.6 is 0 Å². The highest BCUT2D eigenvalue weighted by atomic mass is 16.5. The molecule has 1 aliphatic rings. The maximum Gasteiger partial charge on any atom is 0.237 e. The monoisotopic (exact) mass is 214 g/mol. The third-order valence-electron chi connectivity index (χ3n) is 3.09. The summed E-state index contributed by atoms with van der Waals surface area (Å²) in [5, 5.41) is 2.85. The highest BCUT2D eigenvalue weighted by Crippen LogP contribution is 2.11. The summed E-state index contributed by atoms with van der Waals surface area (Å²) in [6.45, 7) is 5.45. The van der Waals surface area contributed by atoms with Crippen molar-refractivity contribution in [3.63, 3.8) is 0 Å². The van der Waals surface area contributed by atoms with E-state index in [0.717, 1.165) is 25.9 Å². The van der Waals surface area contributed by atoms with Crippen LogP contribution in [0.2, 0.25) is 0 Å². The van der Waals surface area contributed by atoms with Crippen LogP contribution in [0.3, 0.4) is 0 Å². The summed E-state index contributed by atoms with van der Waals surface area (Å²) in [6, 6.07) is -0.392. The average Bonchev–Trinajstić information content (AvgIpc) is 2.76. The van der Waals surface area contributed by atoms with Crippen LogP contribution in [0.4, 0.5) is 0 Å². The fraction of sp³-hybridized carbons (Fsp3) is 0.909. The highest BCUT2D eigenvalue weighted by Gasteiger charge is 2.21. The SMILES string of the molecule is CC[C@H](C)[C@@H](N)C(=O)NC[C@H]1CCCO1. The van der Waals surface area contributed by atoms with E-state index < -0.39 is 6.04 Å². The molecule has 1 amide bonds. The molecular formula is C11H22N2O2. The Bertz CT molecular complexity index is 203. The van der Waals surface area contributed by atoms with Gasteiger partial charge in [0.1, 0.15) is 0 Å². The van der Waals surface area contributed by atoms with E-state index in [4.69, 9.17) is 10.5 Å². The number of hydrogen-bond donors (Lipinski definition) is 2. The minimum atomic E-state index is -0.392. The van der Waals surface area contributed by atoms with Crippen LogP contribution in [0, 0.1) is 5.92 Å². The first kappa shape index (κ1) is 12.5. The number of rotatable bonds is 5. The van der Waals surface area contributed by atoms with Crippen LogP contribution < -0.4 is 11.1 Å². The zero-order valence-corrected chi connectivity index (χ0v) is 9.66. The maximum absolute atomic E-state index is 11.6. The Hall–Kier alpha value is -0.610. The third kappa shape index (κ3) is 3.80. The van der Waals surface area contributed by atoms with Crippen molar-refractivity contribution in [3.05, 3.63) is 0 Å². The molecule has 15 heavy (non-hydrogen) atoms. The van der Waals surface area contributed by atoms with Gasteiger partial charge in [0.05, 0.1) is 12.1 Å². The van der Waals surface area contributed by atoms with Crippen molar-refractivity contribution in [2.24, 2.45) is 11.7 Å². The van der Waals surface area contributed by atoms with Crippen molar-refractivity contribution in [2.45, 2.75) is 45.3 Å². The zero-order valence-electron chi connectivity index (χ0n) is 9.66. The van der Waals surface area contributed by atoms with Gasteiger partial charge in [0.15, 0.2) is 0 Å². The molecule has 0 bridgehead atoms. The zero-order chi connectivity index (χ0) is 11.3. The summed E-state index contributed by atoms with van der Waals surface area (Å²) in [5.74, 6) is 0.175. The fourth-order valence-electron chi connectivity index (χ4n) is 1.65. The van der Waals surface area contributed by atoms with E-state index in [-0.39, 0.29) is 17.9 Å². The number of ether oxygens (including phenoxy) is 1. The summed E-state index contributed by atoms with van der Waals surface area (Å²) in [6.07, 6.45) is 3.25. The molecule has 1 fully saturated rings. The summed E-state index contributed by atoms with van der Waals surface area (Å²) in [5.41, 5.74) is 5.80. The Morgan fingerprint density at radius 2 is 2.40 bits per heavy atom. The van der Waals surface area contributed by atoms with Gasteiger partial charge in [0.2, 0.25) is 5.91 Å². The third-order valence-corrected chi connectivity index (χ3v) is 3.09. The first-order valence-electron chi connectivity index (χ1n) is 5.80. The van der Waals surface area contributed by atoms with Gasteiger partial charge in [-0.25, -0.2) is 0 Å². The van der Waals surface area contributed by atoms with E-state index in [1.807, 2.05) is 13.8 Å². The summed E-state index contributed by atoms with van der Waals surface area (Å²) in [7, 11) is 0. The van der Waals surface area contributed by atoms with Gasteiger partial charge in [-0.05, 0) is 18.8 Å². The van der Waals surface area contributed by atoms with Gasteiger partial charge in [0.25, 0.3) is 0 Å². The lowest BCUT2D eigenvalue weighted by Gasteiger charge is -2.19. The molecule has 0 spiro atoms. The molecule has 1 rings (SSSR count). The minimum Gasteiger partial charge on any atom is -0.376 e. The number of hydrogen-bond acceptors (Lipinski definition) is 3. The average molecular weight is 214 g/mol. The Kier molecular flexibility index (Phi) is 5.05. The van der Waals surface area contributed by atoms with Crippen LogP contribution in [0.1, 0.15) is 33.1 Å². The molecule has 4 nitrogen and oxygen atoms in total. The molecule has 3 N–H and O–H groups in total. The molecule has 88 valence electrons. The molecule has 1 saturated heterocycles. The molecular weight excluding hydrogens is 192 g/mol. The first-order chi connectivity index (χ1) is 7.15. The number of carbonyl (C=O) groups is 1. The highest BCUT2D eigenvalue weighted by molar-refractivity contribution is 5.81. The molecule has 1 heterocycles. The van der Waals surface area contributed by atoms with Crippen molar-refractivity contribution in [1.82, 2.24) is 5.32 Å². The minimum absolute atomic E-state index is 0.0557. The molecule has 0 aliphatic carbocycles. The fourth-order valence-corrected chi connectivity index (χ4v) is 1.65. The quantitative estimate of drug-likeness (QED) is 0.706. The molecule has 3 atom stereocenters. The Morgan fingerprint density at radius 1 is 1.67 bits per heavy atom. The number of nitrogens with one attached hydrogen (secondary N) is 1. The molecule has 0 aromatic carbocycles. The molecule has 0 saturated carbocycles. The Balaban J connectivity index is 2.22. The number of carbonyl (C=O) groups excluding carboxylic acids is 1. The smallest absolute Gasteiger partial charge is 0.237 e. The second-order valence-corrected chi connectivity index (χ2v) is 4.29. The summed E-state index contributed by atoms with van der Waals surface area (Å²) < 4.78 is 5.41. The first-order valence-corrected chi connectivity index (χ1v) is 5.80. The number of amides is 1. The van der Waals surface area contributed by atoms with Gasteiger partial charge < -0.3 is 15.8 Å². The normalized spacial score (nSPS) is 24.9. The van der Waals surface area contributed by atoms with Gasteiger partial charge in [-0.2, -0.15) is 0 Å². The van der Waals surface area contributed by atoms with E-state index in [2.05, 4.69) is 5.32 Å². The van der Waals surface area contributed by atoms with E-state index in [0.29, 0.717) is 6.54 Å². The van der Waals surface area contributed by atoms with Gasteiger partial charge in [-0.15, -0.1) is 0 Å². The van der Waals surface area contributed by atoms with Crippen LogP contribution in [0.15, 0.2) is 0 Å². The van der Waals surface area contributed by atoms with Gasteiger partial charge in [-0.3, -0.25) is 4.79 Å². The molecule has 0 radical (unpaired) electrons. The molecule has 0 aromatic heterocycles. The lowest BCUT2D eigenvalue weighted by Crippen LogP contribution is -2.46. The Morgan fingerprint density at radius 3 is 2.93 bits per heavy atom. The van der Waals surface area contributed by atoms with Crippen LogP contribution in [0.5, 0.6) is 0 Å². The predicted octanol–water partition coefficient (Wildman–Crippen LogP) is 0.655. The molecule has 4 heteroatoms. The van der Waals surface area contributed by atoms with Gasteiger partial charge in [0, 0.05) is 13.2 Å². The van der Waals surface area contributed by atoms with Crippen molar-refractivity contribution in [3.8, 4) is 0 Å². The van der Waals surface area contributed by atoms with E-state index in [1.54, 1.807) is 0 Å². The second-order valence-electron chi connectivity index (χ2n) is 4.29. The van der Waals surface area contributed by atoms with E-state index in [9.17, 15) is 4.79 Å². The largest absolute Gasteiger partial charge is 0.376 e. The second kappa shape index (κ2) is 6.08. The van der Waals surface area contributed by atoms with Crippen molar-refractivity contribution >= 4 is 5.91 Å². The lowest BCUT2D eigenvalue weighted by molar-refractivity contribution is -0.123. The van der Waals surface area contributed by atoms with Crippen molar-refractivity contribution in [2.75, 3.05) is 13.2 Å². The van der Waals surface area contributed by atoms with Crippen LogP contribution in [-0.4, -0.2) is 31.2 Å². The topological polar surface area (TPSA) is 64.4 Å². The molecule has 0 unspecified atom stereocenters.